The van der Waals surface area contributed by atoms with Gasteiger partial charge in [0.15, 0.2) is 0 Å². The zero-order chi connectivity index (χ0) is 18.4. The minimum atomic E-state index is -0.299. The van der Waals surface area contributed by atoms with Crippen LogP contribution >= 0.6 is 0 Å². The van der Waals surface area contributed by atoms with E-state index in [1.54, 1.807) is 16.7 Å². The lowest BCUT2D eigenvalue weighted by Crippen LogP contribution is -2.51. The van der Waals surface area contributed by atoms with Gasteiger partial charge in [0, 0.05) is 31.9 Å². The van der Waals surface area contributed by atoms with E-state index in [2.05, 4.69) is 32.2 Å². The standard InChI is InChI=1S/C19H29N3O3/c1-5-25-18(24)22-12-10-21(11-13-22)17(23)14-20-16-9-7-6-8-15(16)19(2,3)4/h6-9,20H,5,10-14H2,1-4H3. The summed E-state index contributed by atoms with van der Waals surface area (Å²) in [6, 6.07) is 8.08. The fourth-order valence-electron chi connectivity index (χ4n) is 2.93. The van der Waals surface area contributed by atoms with Crippen molar-refractivity contribution in [1.29, 1.82) is 0 Å². The second-order valence-electron chi connectivity index (χ2n) is 7.22. The molecule has 1 heterocycles. The molecular weight excluding hydrogens is 318 g/mol. The molecule has 0 spiro atoms. The van der Waals surface area contributed by atoms with Gasteiger partial charge in [-0.05, 0) is 24.0 Å². The highest BCUT2D eigenvalue weighted by atomic mass is 16.6. The van der Waals surface area contributed by atoms with Crippen molar-refractivity contribution in [2.24, 2.45) is 0 Å². The molecule has 0 bridgehead atoms. The fraction of sp³-hybridized carbons (Fsp3) is 0.579. The van der Waals surface area contributed by atoms with Crippen LogP contribution in [0.3, 0.4) is 0 Å². The molecule has 2 amide bonds. The Morgan fingerprint density at radius 1 is 1.08 bits per heavy atom. The van der Waals surface area contributed by atoms with Crippen LogP contribution in [0, 0.1) is 0 Å². The number of para-hydroxylation sites is 1. The molecule has 0 aliphatic carbocycles. The molecule has 0 unspecified atom stereocenters. The predicted molar refractivity (Wildman–Crippen MR) is 98.8 cm³/mol. The molecule has 1 aliphatic heterocycles. The van der Waals surface area contributed by atoms with Crippen molar-refractivity contribution in [3.05, 3.63) is 29.8 Å². The van der Waals surface area contributed by atoms with Crippen molar-refractivity contribution in [3.8, 4) is 0 Å². The Labute approximate surface area is 150 Å². The van der Waals surface area contributed by atoms with Gasteiger partial charge in [0.25, 0.3) is 0 Å². The summed E-state index contributed by atoms with van der Waals surface area (Å²) >= 11 is 0. The zero-order valence-corrected chi connectivity index (χ0v) is 15.7. The molecule has 1 saturated heterocycles. The van der Waals surface area contributed by atoms with Crippen LogP contribution in [-0.2, 0) is 14.9 Å². The predicted octanol–water partition coefficient (Wildman–Crippen LogP) is 2.70. The van der Waals surface area contributed by atoms with Gasteiger partial charge in [0.1, 0.15) is 0 Å². The number of anilines is 1. The Morgan fingerprint density at radius 2 is 1.68 bits per heavy atom. The molecule has 0 atom stereocenters. The first-order valence-electron chi connectivity index (χ1n) is 8.85. The maximum absolute atomic E-state index is 12.5. The first-order chi connectivity index (χ1) is 11.8. The lowest BCUT2D eigenvalue weighted by atomic mass is 9.86. The van der Waals surface area contributed by atoms with Gasteiger partial charge in [-0.2, -0.15) is 0 Å². The number of hydrogen-bond donors (Lipinski definition) is 1. The molecule has 25 heavy (non-hydrogen) atoms. The van der Waals surface area contributed by atoms with Gasteiger partial charge in [-0.25, -0.2) is 4.79 Å². The minimum absolute atomic E-state index is 0.0118. The van der Waals surface area contributed by atoms with Crippen molar-refractivity contribution >= 4 is 17.7 Å². The molecule has 1 N–H and O–H groups in total. The molecule has 1 aromatic rings. The fourth-order valence-corrected chi connectivity index (χ4v) is 2.93. The largest absolute Gasteiger partial charge is 0.450 e. The number of nitrogens with one attached hydrogen (secondary N) is 1. The molecule has 0 aromatic heterocycles. The Kier molecular flexibility index (Phi) is 6.28. The SMILES string of the molecule is CCOC(=O)N1CCN(C(=O)CNc2ccccc2C(C)(C)C)CC1. The van der Waals surface area contributed by atoms with Gasteiger partial charge in [-0.3, -0.25) is 4.79 Å². The molecule has 6 heteroatoms. The van der Waals surface area contributed by atoms with E-state index in [4.69, 9.17) is 4.74 Å². The molecule has 0 radical (unpaired) electrons. The third-order valence-corrected chi connectivity index (χ3v) is 4.32. The Bertz CT molecular complexity index is 602. The Hall–Kier alpha value is -2.24. The molecule has 0 saturated carbocycles. The van der Waals surface area contributed by atoms with Crippen molar-refractivity contribution in [2.75, 3.05) is 44.6 Å². The molecule has 6 nitrogen and oxygen atoms in total. The Morgan fingerprint density at radius 3 is 2.28 bits per heavy atom. The first-order valence-corrected chi connectivity index (χ1v) is 8.85. The third kappa shape index (κ3) is 5.11. The highest BCUT2D eigenvalue weighted by molar-refractivity contribution is 5.81. The first kappa shape index (κ1) is 19.1. The van der Waals surface area contributed by atoms with Gasteiger partial charge in [-0.1, -0.05) is 39.0 Å². The van der Waals surface area contributed by atoms with Gasteiger partial charge in [-0.15, -0.1) is 0 Å². The highest BCUT2D eigenvalue weighted by Gasteiger charge is 2.25. The average molecular weight is 347 g/mol. The summed E-state index contributed by atoms with van der Waals surface area (Å²) in [6.45, 7) is 11.0. The van der Waals surface area contributed by atoms with Gasteiger partial charge in [0.05, 0.1) is 13.2 Å². The van der Waals surface area contributed by atoms with Crippen LogP contribution in [0.4, 0.5) is 10.5 Å². The van der Waals surface area contributed by atoms with Crippen LogP contribution in [0.1, 0.15) is 33.3 Å². The number of rotatable bonds is 4. The van der Waals surface area contributed by atoms with E-state index < -0.39 is 0 Å². The maximum Gasteiger partial charge on any atom is 0.409 e. The van der Waals surface area contributed by atoms with Crippen molar-refractivity contribution in [1.82, 2.24) is 9.80 Å². The van der Waals surface area contributed by atoms with Crippen molar-refractivity contribution in [3.63, 3.8) is 0 Å². The summed E-state index contributed by atoms with van der Waals surface area (Å²) in [5, 5.41) is 3.27. The topological polar surface area (TPSA) is 61.9 Å². The van der Waals surface area contributed by atoms with Crippen LogP contribution in [0.5, 0.6) is 0 Å². The molecule has 1 fully saturated rings. The van der Waals surface area contributed by atoms with Crippen LogP contribution in [-0.4, -0.2) is 61.1 Å². The molecule has 2 rings (SSSR count). The summed E-state index contributed by atoms with van der Waals surface area (Å²) in [5.74, 6) is 0.0484. The molecular formula is C19H29N3O3. The lowest BCUT2D eigenvalue weighted by Gasteiger charge is -2.34. The molecule has 1 aromatic carbocycles. The van der Waals surface area contributed by atoms with Gasteiger partial charge < -0.3 is 19.9 Å². The van der Waals surface area contributed by atoms with Crippen LogP contribution < -0.4 is 5.32 Å². The number of hydrogen-bond acceptors (Lipinski definition) is 4. The van der Waals surface area contributed by atoms with Gasteiger partial charge in [0.2, 0.25) is 5.91 Å². The second-order valence-corrected chi connectivity index (χ2v) is 7.22. The van der Waals surface area contributed by atoms with E-state index >= 15 is 0 Å². The minimum Gasteiger partial charge on any atom is -0.450 e. The van der Waals surface area contributed by atoms with E-state index in [1.807, 2.05) is 18.2 Å². The van der Waals surface area contributed by atoms with Gasteiger partial charge >= 0.3 is 6.09 Å². The van der Waals surface area contributed by atoms with Crippen molar-refractivity contribution < 1.29 is 14.3 Å². The molecule has 138 valence electrons. The van der Waals surface area contributed by atoms with Crippen LogP contribution in [0.15, 0.2) is 24.3 Å². The normalized spacial score (nSPS) is 15.0. The van der Waals surface area contributed by atoms with E-state index in [0.717, 1.165) is 5.69 Å². The number of nitrogens with zero attached hydrogens (tertiary/aromatic N) is 2. The highest BCUT2D eigenvalue weighted by Crippen LogP contribution is 2.29. The Balaban J connectivity index is 1.87. The smallest absolute Gasteiger partial charge is 0.409 e. The number of ether oxygens (including phenoxy) is 1. The number of carbonyl (C=O) groups excluding carboxylic acids is 2. The van der Waals surface area contributed by atoms with E-state index in [-0.39, 0.29) is 24.0 Å². The summed E-state index contributed by atoms with van der Waals surface area (Å²) in [6.07, 6.45) is -0.299. The van der Waals surface area contributed by atoms with E-state index in [0.29, 0.717) is 32.8 Å². The number of amides is 2. The number of carbonyl (C=O) groups is 2. The summed E-state index contributed by atoms with van der Waals surface area (Å²) < 4.78 is 5.00. The summed E-state index contributed by atoms with van der Waals surface area (Å²) in [4.78, 5) is 27.6. The summed E-state index contributed by atoms with van der Waals surface area (Å²) in [7, 11) is 0. The lowest BCUT2D eigenvalue weighted by molar-refractivity contribution is -0.130. The van der Waals surface area contributed by atoms with E-state index in [9.17, 15) is 9.59 Å². The maximum atomic E-state index is 12.5. The zero-order valence-electron chi connectivity index (χ0n) is 15.7. The van der Waals surface area contributed by atoms with Crippen molar-refractivity contribution in [2.45, 2.75) is 33.1 Å². The number of piperazine rings is 1. The van der Waals surface area contributed by atoms with Crippen LogP contribution in [0.2, 0.25) is 0 Å². The van der Waals surface area contributed by atoms with E-state index in [1.165, 1.54) is 5.56 Å². The summed E-state index contributed by atoms with van der Waals surface area (Å²) in [5.41, 5.74) is 2.20. The third-order valence-electron chi connectivity index (χ3n) is 4.32. The average Bonchev–Trinajstić information content (AvgIpc) is 2.59. The quantitative estimate of drug-likeness (QED) is 0.910. The monoisotopic (exact) mass is 347 g/mol. The molecule has 1 aliphatic rings. The van der Waals surface area contributed by atoms with Crippen LogP contribution in [0.25, 0.3) is 0 Å². The second kappa shape index (κ2) is 8.23. The number of benzene rings is 1.